The maximum atomic E-state index is 12.6. The van der Waals surface area contributed by atoms with E-state index in [1.807, 2.05) is 42.6 Å². The lowest BCUT2D eigenvalue weighted by atomic mass is 9.99. The Balaban J connectivity index is 1.18. The lowest BCUT2D eigenvalue weighted by Gasteiger charge is -2.36. The summed E-state index contributed by atoms with van der Waals surface area (Å²) in [7, 11) is 0. The number of benzene rings is 2. The van der Waals surface area contributed by atoms with Gasteiger partial charge in [-0.25, -0.2) is 4.52 Å². The number of β-amino-alcohol motifs (C(OH)–C–C–N with tert-alkyl or cyclic N) is 1. The molecule has 2 aliphatic heterocycles. The van der Waals surface area contributed by atoms with Gasteiger partial charge in [-0.2, -0.15) is 4.98 Å². The van der Waals surface area contributed by atoms with Crippen LogP contribution in [0.3, 0.4) is 0 Å². The molecule has 184 valence electrons. The number of aliphatic hydroxyl groups is 1. The number of terminal acetylenes is 1. The van der Waals surface area contributed by atoms with Crippen LogP contribution in [0.1, 0.15) is 20.7 Å². The summed E-state index contributed by atoms with van der Waals surface area (Å²) in [5.41, 5.74) is 4.42. The fourth-order valence-electron chi connectivity index (χ4n) is 4.54. The average molecular weight is 493 g/mol. The Morgan fingerprint density at radius 3 is 2.16 bits per heavy atom. The minimum Gasteiger partial charge on any atom is -0.389 e. The van der Waals surface area contributed by atoms with E-state index in [1.54, 1.807) is 38.6 Å². The van der Waals surface area contributed by atoms with Gasteiger partial charge in [0.25, 0.3) is 11.8 Å². The number of fused-ring (bicyclic) bond motifs is 1. The van der Waals surface area contributed by atoms with Crippen LogP contribution in [-0.4, -0.2) is 73.6 Å². The maximum Gasteiger partial charge on any atom is 0.254 e. The summed E-state index contributed by atoms with van der Waals surface area (Å²) in [4.78, 5) is 33.1. The van der Waals surface area contributed by atoms with Crippen LogP contribution in [0.15, 0.2) is 66.9 Å². The molecule has 0 unspecified atom stereocenters. The first-order valence-corrected chi connectivity index (χ1v) is 12.0. The number of nitrogens with zero attached hydrogens (tertiary/aromatic N) is 5. The van der Waals surface area contributed by atoms with E-state index in [0.717, 1.165) is 16.8 Å². The molecule has 0 aliphatic carbocycles. The van der Waals surface area contributed by atoms with Crippen molar-refractivity contribution in [3.8, 4) is 23.5 Å². The van der Waals surface area contributed by atoms with Crippen molar-refractivity contribution < 1.29 is 14.7 Å². The number of amides is 2. The first-order valence-electron chi connectivity index (χ1n) is 12.0. The Morgan fingerprint density at radius 2 is 1.54 bits per heavy atom. The van der Waals surface area contributed by atoms with Gasteiger partial charge in [0.15, 0.2) is 5.65 Å². The molecule has 37 heavy (non-hydrogen) atoms. The van der Waals surface area contributed by atoms with Gasteiger partial charge in [0, 0.05) is 54.8 Å². The zero-order valence-electron chi connectivity index (χ0n) is 19.9. The van der Waals surface area contributed by atoms with Crippen LogP contribution in [0, 0.1) is 18.3 Å². The van der Waals surface area contributed by atoms with E-state index in [2.05, 4.69) is 21.3 Å². The number of aliphatic hydroxyl groups excluding tert-OH is 1. The highest BCUT2D eigenvalue weighted by molar-refractivity contribution is 5.96. The van der Waals surface area contributed by atoms with Gasteiger partial charge >= 0.3 is 0 Å². The molecular weight excluding hydrogens is 468 g/mol. The lowest BCUT2D eigenvalue weighted by Crippen LogP contribution is -2.53. The Hall–Kier alpha value is -4.68. The fourth-order valence-corrected chi connectivity index (χ4v) is 4.54. The molecule has 2 N–H and O–H groups in total. The highest BCUT2D eigenvalue weighted by atomic mass is 16.3. The number of hydrogen-bond acceptors (Lipinski definition) is 6. The van der Waals surface area contributed by atoms with Crippen LogP contribution < -0.4 is 5.32 Å². The molecule has 2 aliphatic rings. The Labute approximate surface area is 213 Å². The minimum absolute atomic E-state index is 0.0135. The third-order valence-corrected chi connectivity index (χ3v) is 6.75. The number of rotatable bonds is 5. The molecule has 9 heteroatoms. The Morgan fingerprint density at radius 1 is 0.919 bits per heavy atom. The minimum atomic E-state index is -0.427. The highest BCUT2D eigenvalue weighted by Gasteiger charge is 2.30. The first-order chi connectivity index (χ1) is 18.0. The van der Waals surface area contributed by atoms with Gasteiger partial charge in [-0.05, 0) is 54.1 Å². The summed E-state index contributed by atoms with van der Waals surface area (Å²) >= 11 is 0. The van der Waals surface area contributed by atoms with Crippen molar-refractivity contribution in [1.29, 1.82) is 0 Å². The summed E-state index contributed by atoms with van der Waals surface area (Å²) in [5.74, 6) is 3.14. The van der Waals surface area contributed by atoms with Crippen molar-refractivity contribution in [2.24, 2.45) is 5.92 Å². The second kappa shape index (κ2) is 9.08. The smallest absolute Gasteiger partial charge is 0.254 e. The molecule has 4 heterocycles. The molecule has 2 saturated heterocycles. The van der Waals surface area contributed by atoms with Gasteiger partial charge in [-0.3, -0.25) is 9.59 Å². The summed E-state index contributed by atoms with van der Waals surface area (Å²) < 4.78 is 1.70. The van der Waals surface area contributed by atoms with E-state index in [1.165, 1.54) is 0 Å². The van der Waals surface area contributed by atoms with E-state index < -0.39 is 6.10 Å². The van der Waals surface area contributed by atoms with Crippen LogP contribution in [0.25, 0.3) is 16.8 Å². The van der Waals surface area contributed by atoms with Gasteiger partial charge in [0.2, 0.25) is 5.95 Å². The molecule has 0 bridgehead atoms. The zero-order valence-corrected chi connectivity index (χ0v) is 19.9. The molecule has 0 spiro atoms. The number of aromatic nitrogens is 3. The molecule has 0 saturated carbocycles. The van der Waals surface area contributed by atoms with Crippen LogP contribution >= 0.6 is 0 Å². The van der Waals surface area contributed by atoms with Crippen LogP contribution in [-0.2, 0) is 0 Å². The van der Waals surface area contributed by atoms with Crippen molar-refractivity contribution >= 4 is 29.1 Å². The van der Waals surface area contributed by atoms with Crippen molar-refractivity contribution in [2.75, 3.05) is 31.5 Å². The molecule has 0 atom stereocenters. The number of nitrogens with one attached hydrogen (secondary N) is 1. The van der Waals surface area contributed by atoms with Crippen molar-refractivity contribution in [3.05, 3.63) is 78.0 Å². The second-order valence-electron chi connectivity index (χ2n) is 9.34. The zero-order chi connectivity index (χ0) is 25.5. The summed E-state index contributed by atoms with van der Waals surface area (Å²) in [6.07, 6.45) is 6.82. The number of carbonyl (C=O) groups is 2. The van der Waals surface area contributed by atoms with E-state index >= 15 is 0 Å². The van der Waals surface area contributed by atoms with Crippen LogP contribution in [0.2, 0.25) is 0 Å². The summed E-state index contributed by atoms with van der Waals surface area (Å²) in [6, 6.07) is 18.4. The normalized spacial score (nSPS) is 15.7. The molecule has 2 aromatic heterocycles. The summed E-state index contributed by atoms with van der Waals surface area (Å²) in [6.45, 7) is 1.95. The van der Waals surface area contributed by atoms with E-state index in [4.69, 9.17) is 6.42 Å². The summed E-state index contributed by atoms with van der Waals surface area (Å²) in [5, 5.41) is 17.1. The molecule has 0 radical (unpaired) electrons. The maximum absolute atomic E-state index is 12.6. The van der Waals surface area contributed by atoms with Crippen molar-refractivity contribution in [2.45, 2.75) is 6.10 Å². The quantitative estimate of drug-likeness (QED) is 0.415. The topological polar surface area (TPSA) is 103 Å². The van der Waals surface area contributed by atoms with Crippen LogP contribution in [0.4, 0.5) is 11.6 Å². The van der Waals surface area contributed by atoms with E-state index in [0.29, 0.717) is 48.9 Å². The van der Waals surface area contributed by atoms with Gasteiger partial charge in [0.1, 0.15) is 0 Å². The molecule has 9 nitrogen and oxygen atoms in total. The third kappa shape index (κ3) is 4.28. The number of carbonyl (C=O) groups excluding carboxylic acids is 2. The molecular formula is C28H24N6O3. The second-order valence-corrected chi connectivity index (χ2v) is 9.34. The average Bonchev–Trinajstić information content (AvgIpc) is 3.29. The number of hydrogen-bond donors (Lipinski definition) is 2. The monoisotopic (exact) mass is 492 g/mol. The predicted molar refractivity (Wildman–Crippen MR) is 138 cm³/mol. The molecule has 2 aromatic carbocycles. The lowest BCUT2D eigenvalue weighted by molar-refractivity contribution is 0.00590. The van der Waals surface area contributed by atoms with Crippen molar-refractivity contribution in [3.63, 3.8) is 0 Å². The van der Waals surface area contributed by atoms with Crippen LogP contribution in [0.5, 0.6) is 0 Å². The van der Waals surface area contributed by atoms with Crippen molar-refractivity contribution in [1.82, 2.24) is 24.4 Å². The van der Waals surface area contributed by atoms with E-state index in [-0.39, 0.29) is 17.7 Å². The van der Waals surface area contributed by atoms with E-state index in [9.17, 15) is 14.7 Å². The molecule has 6 rings (SSSR count). The van der Waals surface area contributed by atoms with Gasteiger partial charge in [-0.1, -0.05) is 18.1 Å². The highest BCUT2D eigenvalue weighted by Crippen LogP contribution is 2.27. The van der Waals surface area contributed by atoms with Gasteiger partial charge in [-0.15, -0.1) is 11.5 Å². The Kier molecular flexibility index (Phi) is 5.58. The number of anilines is 2. The number of likely N-dealkylation sites (tertiary alicyclic amines) is 2. The Bertz CT molecular complexity index is 1530. The first kappa shape index (κ1) is 22.8. The predicted octanol–water partition coefficient (Wildman–Crippen LogP) is 2.66. The standard InChI is InChI=1S/C28H24N6O3/c1-2-18-14-32(15-18)26(36)20-7-5-19(6-8-20)24-4-3-13-34-25(24)30-28(31-34)29-22-11-9-21(10-12-22)27(37)33-16-23(35)17-33/h1,3-13,18,23,35H,14-17H2,(H,29,31). The SMILES string of the molecule is C#CC1CN(C(=O)c2ccc(-c3cccn4nc(Nc5ccc(C(=O)N6CC(O)C6)cc5)nc34)cc2)C1. The third-order valence-electron chi connectivity index (χ3n) is 6.75. The number of pyridine rings is 1. The fraction of sp³-hybridized carbons (Fsp3) is 0.214. The van der Waals surface area contributed by atoms with Gasteiger partial charge in [0.05, 0.1) is 12.0 Å². The molecule has 4 aromatic rings. The molecule has 2 fully saturated rings. The molecule has 2 amide bonds. The van der Waals surface area contributed by atoms with Gasteiger partial charge < -0.3 is 20.2 Å². The largest absolute Gasteiger partial charge is 0.389 e.